The van der Waals surface area contributed by atoms with Gasteiger partial charge in [-0.3, -0.25) is 9.69 Å². The first kappa shape index (κ1) is 17.4. The van der Waals surface area contributed by atoms with Crippen LogP contribution in [0.4, 0.5) is 0 Å². The van der Waals surface area contributed by atoms with Crippen molar-refractivity contribution >= 4 is 5.91 Å². The molecule has 3 N–H and O–H groups in total. The van der Waals surface area contributed by atoms with Crippen molar-refractivity contribution in [3.8, 4) is 17.2 Å². The number of hydrogen-bond acceptors (Lipinski definition) is 5. The Morgan fingerprint density at radius 2 is 2.17 bits per heavy atom. The van der Waals surface area contributed by atoms with Crippen LogP contribution in [0.5, 0.6) is 17.2 Å². The molecule has 0 saturated carbocycles. The molecule has 1 aromatic carbocycles. The minimum atomic E-state index is -0.423. The Morgan fingerprint density at radius 3 is 2.78 bits per heavy atom. The van der Waals surface area contributed by atoms with Crippen LogP contribution in [0, 0.1) is 0 Å². The highest BCUT2D eigenvalue weighted by Crippen LogP contribution is 2.39. The summed E-state index contributed by atoms with van der Waals surface area (Å²) in [5.41, 5.74) is 0.523. The summed E-state index contributed by atoms with van der Waals surface area (Å²) in [5, 5.41) is 23.2. The third-order valence-corrected chi connectivity index (χ3v) is 4.53. The molecule has 0 aromatic heterocycles. The van der Waals surface area contributed by atoms with Gasteiger partial charge < -0.3 is 20.3 Å². The van der Waals surface area contributed by atoms with E-state index in [1.807, 2.05) is 6.92 Å². The van der Waals surface area contributed by atoms with Crippen LogP contribution >= 0.6 is 0 Å². The van der Waals surface area contributed by atoms with Gasteiger partial charge in [0.15, 0.2) is 11.5 Å². The van der Waals surface area contributed by atoms with Gasteiger partial charge in [0.05, 0.1) is 7.11 Å². The van der Waals surface area contributed by atoms with E-state index in [1.54, 1.807) is 0 Å². The van der Waals surface area contributed by atoms with Crippen molar-refractivity contribution in [2.75, 3.05) is 26.7 Å². The van der Waals surface area contributed by atoms with Crippen molar-refractivity contribution in [1.29, 1.82) is 0 Å². The normalized spacial score (nSPS) is 18.1. The molecule has 1 saturated heterocycles. The van der Waals surface area contributed by atoms with Gasteiger partial charge in [0.2, 0.25) is 0 Å². The van der Waals surface area contributed by atoms with Gasteiger partial charge in [-0.2, -0.15) is 0 Å². The number of carbonyl (C=O) groups excluding carboxylic acids is 1. The molecule has 6 heteroatoms. The molecule has 0 aliphatic carbocycles. The molecule has 1 amide bonds. The van der Waals surface area contributed by atoms with E-state index in [2.05, 4.69) is 17.1 Å². The molecule has 1 aliphatic rings. The summed E-state index contributed by atoms with van der Waals surface area (Å²) in [5.74, 6) is -0.675. The van der Waals surface area contributed by atoms with Gasteiger partial charge in [-0.25, -0.2) is 0 Å². The number of likely N-dealkylation sites (tertiary alicyclic amines) is 1. The van der Waals surface area contributed by atoms with Gasteiger partial charge in [0.25, 0.3) is 5.91 Å². The average molecular weight is 322 g/mol. The Bertz CT molecular complexity index is 574. The maximum atomic E-state index is 12.5. The van der Waals surface area contributed by atoms with Gasteiger partial charge in [0.1, 0.15) is 11.3 Å². The van der Waals surface area contributed by atoms with E-state index < -0.39 is 5.91 Å². The predicted octanol–water partition coefficient (Wildman–Crippen LogP) is 1.88. The number of phenolic OH excluding ortho intramolecular Hbond substituents is 2. The van der Waals surface area contributed by atoms with Crippen molar-refractivity contribution in [2.45, 2.75) is 39.2 Å². The molecule has 1 atom stereocenters. The standard InChI is InChI=1S/C17H26N2O4/c1-4-11-9-13(20)16(23-3)14(15(11)21)17(22)18-10-12-7-6-8-19(12)5-2/h9,12,20-21H,4-8,10H2,1-3H3,(H,18,22). The van der Waals surface area contributed by atoms with Crippen LogP contribution in [0.25, 0.3) is 0 Å². The number of phenols is 2. The number of nitrogens with zero attached hydrogens (tertiary/aromatic N) is 1. The molecule has 1 fully saturated rings. The van der Waals surface area contributed by atoms with Crippen LogP contribution in [0.15, 0.2) is 6.07 Å². The highest BCUT2D eigenvalue weighted by molar-refractivity contribution is 6.01. The fourth-order valence-corrected chi connectivity index (χ4v) is 3.22. The molecule has 128 valence electrons. The van der Waals surface area contributed by atoms with Gasteiger partial charge >= 0.3 is 0 Å². The van der Waals surface area contributed by atoms with Crippen LogP contribution in [-0.4, -0.2) is 53.8 Å². The second-order valence-corrected chi connectivity index (χ2v) is 5.80. The quantitative estimate of drug-likeness (QED) is 0.697. The summed E-state index contributed by atoms with van der Waals surface area (Å²) in [6.07, 6.45) is 2.70. The second kappa shape index (κ2) is 7.55. The summed E-state index contributed by atoms with van der Waals surface area (Å²) in [6, 6.07) is 1.75. The third kappa shape index (κ3) is 3.52. The lowest BCUT2D eigenvalue weighted by Crippen LogP contribution is -2.40. The van der Waals surface area contributed by atoms with E-state index in [9.17, 15) is 15.0 Å². The molecule has 23 heavy (non-hydrogen) atoms. The van der Waals surface area contributed by atoms with Crippen molar-refractivity contribution in [3.05, 3.63) is 17.2 Å². The van der Waals surface area contributed by atoms with Gasteiger partial charge in [-0.05, 0) is 44.0 Å². The molecule has 1 unspecified atom stereocenters. The number of amides is 1. The molecule has 6 nitrogen and oxygen atoms in total. The fourth-order valence-electron chi connectivity index (χ4n) is 3.22. The number of methoxy groups -OCH3 is 1. The topological polar surface area (TPSA) is 82.0 Å². The van der Waals surface area contributed by atoms with Crippen molar-refractivity contribution in [3.63, 3.8) is 0 Å². The first-order valence-corrected chi connectivity index (χ1v) is 8.17. The average Bonchev–Trinajstić information content (AvgIpc) is 3.01. The number of ether oxygens (including phenoxy) is 1. The number of likely N-dealkylation sites (N-methyl/N-ethyl adjacent to an activating group) is 1. The van der Waals surface area contributed by atoms with Gasteiger partial charge in [-0.15, -0.1) is 0 Å². The Balaban J connectivity index is 2.19. The molecule has 2 rings (SSSR count). The number of carbonyl (C=O) groups is 1. The minimum absolute atomic E-state index is 0.00500. The zero-order valence-corrected chi connectivity index (χ0v) is 14.1. The van der Waals surface area contributed by atoms with E-state index >= 15 is 0 Å². The molecule has 1 aromatic rings. The highest BCUT2D eigenvalue weighted by Gasteiger charge is 2.27. The van der Waals surface area contributed by atoms with E-state index in [1.165, 1.54) is 13.2 Å². The monoisotopic (exact) mass is 322 g/mol. The highest BCUT2D eigenvalue weighted by atomic mass is 16.5. The number of rotatable bonds is 6. The number of hydrogen-bond donors (Lipinski definition) is 3. The molecule has 0 spiro atoms. The minimum Gasteiger partial charge on any atom is -0.507 e. The Hall–Kier alpha value is -1.95. The molecule has 0 radical (unpaired) electrons. The fraction of sp³-hybridized carbons (Fsp3) is 0.588. The van der Waals surface area contributed by atoms with E-state index in [0.29, 0.717) is 24.6 Å². The molecule has 1 aliphatic heterocycles. The number of nitrogens with one attached hydrogen (secondary N) is 1. The second-order valence-electron chi connectivity index (χ2n) is 5.80. The number of aromatic hydroxyl groups is 2. The Morgan fingerprint density at radius 1 is 1.43 bits per heavy atom. The van der Waals surface area contributed by atoms with Crippen LogP contribution < -0.4 is 10.1 Å². The number of benzene rings is 1. The first-order valence-electron chi connectivity index (χ1n) is 8.17. The summed E-state index contributed by atoms with van der Waals surface area (Å²) >= 11 is 0. The van der Waals surface area contributed by atoms with Crippen LogP contribution in [0.2, 0.25) is 0 Å². The largest absolute Gasteiger partial charge is 0.507 e. The van der Waals surface area contributed by atoms with Gasteiger partial charge in [-0.1, -0.05) is 13.8 Å². The molecule has 1 heterocycles. The predicted molar refractivity (Wildman–Crippen MR) is 88.3 cm³/mol. The molecular formula is C17H26N2O4. The maximum absolute atomic E-state index is 12.5. The van der Waals surface area contributed by atoms with Crippen molar-refractivity contribution < 1.29 is 19.7 Å². The lowest BCUT2D eigenvalue weighted by atomic mass is 10.0. The summed E-state index contributed by atoms with van der Waals surface area (Å²) in [7, 11) is 1.37. The van der Waals surface area contributed by atoms with Gasteiger partial charge in [0, 0.05) is 12.6 Å². The van der Waals surface area contributed by atoms with Crippen LogP contribution in [0.3, 0.4) is 0 Å². The Kier molecular flexibility index (Phi) is 5.71. The lowest BCUT2D eigenvalue weighted by Gasteiger charge is -2.23. The van der Waals surface area contributed by atoms with E-state index in [-0.39, 0.29) is 22.8 Å². The molecular weight excluding hydrogens is 296 g/mol. The van der Waals surface area contributed by atoms with Crippen molar-refractivity contribution in [2.24, 2.45) is 0 Å². The zero-order valence-electron chi connectivity index (χ0n) is 14.1. The summed E-state index contributed by atoms with van der Waals surface area (Å²) in [6.45, 7) is 6.49. The third-order valence-electron chi connectivity index (χ3n) is 4.53. The van der Waals surface area contributed by atoms with E-state index in [0.717, 1.165) is 25.9 Å². The van der Waals surface area contributed by atoms with Crippen LogP contribution in [-0.2, 0) is 6.42 Å². The summed E-state index contributed by atoms with van der Waals surface area (Å²) in [4.78, 5) is 14.9. The Labute approximate surface area is 137 Å². The first-order chi connectivity index (χ1) is 11.0. The number of aryl methyl sites for hydroxylation is 1. The zero-order chi connectivity index (χ0) is 17.0. The summed E-state index contributed by atoms with van der Waals surface area (Å²) < 4.78 is 5.11. The van der Waals surface area contributed by atoms with E-state index in [4.69, 9.17) is 4.74 Å². The van der Waals surface area contributed by atoms with Crippen molar-refractivity contribution in [1.82, 2.24) is 10.2 Å². The van der Waals surface area contributed by atoms with Crippen LogP contribution in [0.1, 0.15) is 42.6 Å². The smallest absolute Gasteiger partial charge is 0.259 e. The lowest BCUT2D eigenvalue weighted by molar-refractivity contribution is 0.0934. The molecule has 0 bridgehead atoms. The maximum Gasteiger partial charge on any atom is 0.259 e. The SMILES string of the molecule is CCc1cc(O)c(OC)c(C(=O)NCC2CCCN2CC)c1O.